The number of rotatable bonds is 8. The molecule has 0 radical (unpaired) electrons. The summed E-state index contributed by atoms with van der Waals surface area (Å²) in [5, 5.41) is 15.4. The molecule has 6 nitrogen and oxygen atoms in total. The second-order valence-electron chi connectivity index (χ2n) is 6.93. The van der Waals surface area contributed by atoms with E-state index in [4.69, 9.17) is 0 Å². The van der Waals surface area contributed by atoms with Gasteiger partial charge in [0.1, 0.15) is 0 Å². The van der Waals surface area contributed by atoms with Gasteiger partial charge in [-0.15, -0.1) is 5.10 Å². The summed E-state index contributed by atoms with van der Waals surface area (Å²) in [4.78, 5) is 12.2. The Hall–Kier alpha value is -2.67. The molecule has 28 heavy (non-hydrogen) atoms. The first-order valence-electron chi connectivity index (χ1n) is 9.37. The van der Waals surface area contributed by atoms with E-state index in [9.17, 15) is 4.79 Å². The summed E-state index contributed by atoms with van der Waals surface area (Å²) in [6.07, 6.45) is 0.822. The molecule has 146 valence electrons. The third kappa shape index (κ3) is 5.19. The Bertz CT molecular complexity index is 921. The molecule has 0 spiro atoms. The Kier molecular flexibility index (Phi) is 6.81. The average Bonchev–Trinajstić information content (AvgIpc) is 3.16. The number of carbonyl (C=O) groups excluding carboxylic acids is 1. The maximum Gasteiger partial charge on any atom is 0.230 e. The van der Waals surface area contributed by atoms with Crippen molar-refractivity contribution in [2.24, 2.45) is 0 Å². The number of hydrogen-bond acceptors (Lipinski definition) is 5. The third-order valence-corrected chi connectivity index (χ3v) is 5.47. The zero-order chi connectivity index (χ0) is 19.9. The van der Waals surface area contributed by atoms with Gasteiger partial charge in [-0.2, -0.15) is 4.68 Å². The number of aryl methyl sites for hydroxylation is 1. The third-order valence-electron chi connectivity index (χ3n) is 4.56. The van der Waals surface area contributed by atoms with E-state index in [2.05, 4.69) is 65.9 Å². The lowest BCUT2D eigenvalue weighted by molar-refractivity contribution is -0.118. The molecule has 1 amide bonds. The Morgan fingerprint density at radius 3 is 2.61 bits per heavy atom. The second-order valence-corrected chi connectivity index (χ2v) is 7.88. The number of nitrogens with one attached hydrogen (secondary N) is 1. The van der Waals surface area contributed by atoms with Crippen LogP contribution >= 0.6 is 11.8 Å². The van der Waals surface area contributed by atoms with Crippen molar-refractivity contribution < 1.29 is 4.79 Å². The van der Waals surface area contributed by atoms with Crippen LogP contribution in [0.4, 0.5) is 0 Å². The van der Waals surface area contributed by atoms with Crippen LogP contribution in [0.1, 0.15) is 36.5 Å². The lowest BCUT2D eigenvalue weighted by atomic mass is 10.0. The van der Waals surface area contributed by atoms with Crippen molar-refractivity contribution in [3.05, 3.63) is 65.2 Å². The summed E-state index contributed by atoms with van der Waals surface area (Å²) in [5.74, 6) is 0.724. The van der Waals surface area contributed by atoms with Crippen LogP contribution in [0.25, 0.3) is 5.69 Å². The van der Waals surface area contributed by atoms with Gasteiger partial charge in [-0.05, 0) is 58.5 Å². The predicted molar refractivity (Wildman–Crippen MR) is 112 cm³/mol. The smallest absolute Gasteiger partial charge is 0.230 e. The minimum Gasteiger partial charge on any atom is -0.355 e. The van der Waals surface area contributed by atoms with Gasteiger partial charge in [0, 0.05) is 6.54 Å². The molecule has 1 N–H and O–H groups in total. The Labute approximate surface area is 169 Å². The van der Waals surface area contributed by atoms with Gasteiger partial charge >= 0.3 is 0 Å². The number of tetrazole rings is 1. The highest BCUT2D eigenvalue weighted by atomic mass is 32.2. The lowest BCUT2D eigenvalue weighted by Crippen LogP contribution is -2.27. The fourth-order valence-corrected chi connectivity index (χ4v) is 3.56. The molecule has 0 aliphatic rings. The molecule has 1 heterocycles. The van der Waals surface area contributed by atoms with Gasteiger partial charge in [-0.25, -0.2) is 0 Å². The molecule has 0 aliphatic heterocycles. The van der Waals surface area contributed by atoms with Crippen molar-refractivity contribution in [2.45, 2.75) is 38.3 Å². The zero-order valence-corrected chi connectivity index (χ0v) is 17.2. The molecule has 0 fully saturated rings. The zero-order valence-electron chi connectivity index (χ0n) is 16.4. The Morgan fingerprint density at radius 1 is 1.14 bits per heavy atom. The summed E-state index contributed by atoms with van der Waals surface area (Å²) in [6.45, 7) is 7.02. The van der Waals surface area contributed by atoms with Crippen molar-refractivity contribution in [3.8, 4) is 5.69 Å². The maximum atomic E-state index is 12.2. The first-order valence-corrected chi connectivity index (χ1v) is 10.4. The molecular formula is C21H25N5OS. The van der Waals surface area contributed by atoms with Crippen LogP contribution in [0.2, 0.25) is 0 Å². The standard InChI is InChI=1S/C21H25N5OS/c1-15(2)17-8-10-19(11-9-17)26-21(23-24-25-26)28-14-20(27)22-13-12-18-7-5-4-6-16(18)3/h4-11,15H,12-14H2,1-3H3,(H,22,27). The molecule has 0 unspecified atom stereocenters. The van der Waals surface area contributed by atoms with Crippen LogP contribution < -0.4 is 5.32 Å². The van der Waals surface area contributed by atoms with Crippen LogP contribution in [0.5, 0.6) is 0 Å². The van der Waals surface area contributed by atoms with Crippen molar-refractivity contribution in [1.82, 2.24) is 25.5 Å². The summed E-state index contributed by atoms with van der Waals surface area (Å²) in [5.41, 5.74) is 4.65. The van der Waals surface area contributed by atoms with Crippen LogP contribution in [0.3, 0.4) is 0 Å². The molecule has 3 rings (SSSR count). The quantitative estimate of drug-likeness (QED) is 0.591. The van der Waals surface area contributed by atoms with E-state index >= 15 is 0 Å². The Morgan fingerprint density at radius 2 is 1.89 bits per heavy atom. The SMILES string of the molecule is Cc1ccccc1CCNC(=O)CSc1nnnn1-c1ccc(C(C)C)cc1. The molecule has 0 aliphatic carbocycles. The molecule has 0 saturated carbocycles. The van der Waals surface area contributed by atoms with Gasteiger partial charge in [0.15, 0.2) is 0 Å². The molecule has 0 saturated heterocycles. The molecule has 3 aromatic rings. The average molecular weight is 396 g/mol. The minimum atomic E-state index is -0.0247. The second kappa shape index (κ2) is 9.50. The highest BCUT2D eigenvalue weighted by Crippen LogP contribution is 2.20. The normalized spacial score (nSPS) is 11.0. The van der Waals surface area contributed by atoms with Crippen LogP contribution in [-0.4, -0.2) is 38.4 Å². The van der Waals surface area contributed by atoms with Crippen LogP contribution in [0.15, 0.2) is 53.7 Å². The number of amides is 1. The van der Waals surface area contributed by atoms with Gasteiger partial charge in [0.2, 0.25) is 11.1 Å². The number of hydrogen-bond donors (Lipinski definition) is 1. The summed E-state index contributed by atoms with van der Waals surface area (Å²) in [7, 11) is 0. The number of benzene rings is 2. The van der Waals surface area contributed by atoms with Crippen molar-refractivity contribution >= 4 is 17.7 Å². The molecule has 1 aromatic heterocycles. The fraction of sp³-hybridized carbons (Fsp3) is 0.333. The number of thioether (sulfide) groups is 1. The number of carbonyl (C=O) groups is 1. The van der Waals surface area contributed by atoms with Gasteiger partial charge in [0.25, 0.3) is 0 Å². The molecule has 0 atom stereocenters. The van der Waals surface area contributed by atoms with Gasteiger partial charge < -0.3 is 5.32 Å². The first kappa shape index (κ1) is 20.1. The fourth-order valence-electron chi connectivity index (χ4n) is 2.84. The van der Waals surface area contributed by atoms with Crippen molar-refractivity contribution in [3.63, 3.8) is 0 Å². The van der Waals surface area contributed by atoms with E-state index in [1.54, 1.807) is 4.68 Å². The van der Waals surface area contributed by atoms with Gasteiger partial charge in [-0.3, -0.25) is 4.79 Å². The van der Waals surface area contributed by atoms with Crippen molar-refractivity contribution in [1.29, 1.82) is 0 Å². The largest absolute Gasteiger partial charge is 0.355 e. The summed E-state index contributed by atoms with van der Waals surface area (Å²) in [6, 6.07) is 16.4. The van der Waals surface area contributed by atoms with Crippen LogP contribution in [0, 0.1) is 6.92 Å². The molecule has 7 heteroatoms. The van der Waals surface area contributed by atoms with Crippen molar-refractivity contribution in [2.75, 3.05) is 12.3 Å². The lowest BCUT2D eigenvalue weighted by Gasteiger charge is -2.09. The summed E-state index contributed by atoms with van der Waals surface area (Å²) < 4.78 is 1.66. The number of aromatic nitrogens is 4. The highest BCUT2D eigenvalue weighted by molar-refractivity contribution is 7.99. The Balaban J connectivity index is 1.52. The number of nitrogens with zero attached hydrogens (tertiary/aromatic N) is 4. The maximum absolute atomic E-state index is 12.2. The first-order chi connectivity index (χ1) is 13.5. The van der Waals surface area contributed by atoms with E-state index in [1.807, 2.05) is 24.3 Å². The topological polar surface area (TPSA) is 72.7 Å². The van der Waals surface area contributed by atoms with E-state index < -0.39 is 0 Å². The van der Waals surface area contributed by atoms with E-state index in [1.165, 1.54) is 28.5 Å². The van der Waals surface area contributed by atoms with E-state index in [0.717, 1.165) is 12.1 Å². The monoisotopic (exact) mass is 395 g/mol. The van der Waals surface area contributed by atoms with Crippen LogP contribution in [-0.2, 0) is 11.2 Å². The molecular weight excluding hydrogens is 370 g/mol. The molecule has 2 aromatic carbocycles. The predicted octanol–water partition coefficient (Wildman–Crippen LogP) is 3.55. The van der Waals surface area contributed by atoms with E-state index in [-0.39, 0.29) is 11.7 Å². The highest BCUT2D eigenvalue weighted by Gasteiger charge is 2.12. The minimum absolute atomic E-state index is 0.0247. The summed E-state index contributed by atoms with van der Waals surface area (Å²) >= 11 is 1.33. The van der Waals surface area contributed by atoms with Gasteiger partial charge in [0.05, 0.1) is 11.4 Å². The molecule has 0 bridgehead atoms. The van der Waals surface area contributed by atoms with E-state index in [0.29, 0.717) is 17.6 Å². The van der Waals surface area contributed by atoms with Gasteiger partial charge in [-0.1, -0.05) is 62.0 Å².